The summed E-state index contributed by atoms with van der Waals surface area (Å²) in [6, 6.07) is 6.38. The van der Waals surface area contributed by atoms with Crippen LogP contribution in [0.2, 0.25) is 0 Å². The molecule has 16 heavy (non-hydrogen) atoms. The Labute approximate surface area is 97.9 Å². The molecular formula is C15H20O. The first kappa shape index (κ1) is 11.4. The summed E-state index contributed by atoms with van der Waals surface area (Å²) >= 11 is 0. The van der Waals surface area contributed by atoms with E-state index in [1.54, 1.807) is 0 Å². The van der Waals surface area contributed by atoms with Gasteiger partial charge >= 0.3 is 0 Å². The van der Waals surface area contributed by atoms with Crippen LogP contribution in [0, 0.1) is 5.41 Å². The molecule has 1 aliphatic rings. The molecular weight excluding hydrogens is 196 g/mol. The highest BCUT2D eigenvalue weighted by molar-refractivity contribution is 6.04. The average molecular weight is 216 g/mol. The number of benzene rings is 1. The van der Waals surface area contributed by atoms with E-state index >= 15 is 0 Å². The molecule has 2 rings (SSSR count). The van der Waals surface area contributed by atoms with Crippen molar-refractivity contribution in [3.8, 4) is 0 Å². The van der Waals surface area contributed by atoms with Crippen molar-refractivity contribution in [2.75, 3.05) is 0 Å². The predicted octanol–water partition coefficient (Wildman–Crippen LogP) is 3.75. The van der Waals surface area contributed by atoms with Crippen LogP contribution < -0.4 is 0 Å². The van der Waals surface area contributed by atoms with Gasteiger partial charge in [-0.05, 0) is 29.0 Å². The van der Waals surface area contributed by atoms with Gasteiger partial charge in [0.2, 0.25) is 0 Å². The van der Waals surface area contributed by atoms with Gasteiger partial charge in [-0.2, -0.15) is 0 Å². The van der Waals surface area contributed by atoms with Crippen molar-refractivity contribution in [1.82, 2.24) is 0 Å². The lowest BCUT2D eigenvalue weighted by molar-refractivity contribution is 0.0863. The zero-order valence-corrected chi connectivity index (χ0v) is 10.8. The van der Waals surface area contributed by atoms with E-state index in [0.717, 1.165) is 12.0 Å². The number of rotatable bonds is 0. The van der Waals surface area contributed by atoms with Crippen molar-refractivity contribution in [2.45, 2.75) is 46.5 Å². The van der Waals surface area contributed by atoms with Crippen molar-refractivity contribution < 1.29 is 4.79 Å². The van der Waals surface area contributed by atoms with Crippen LogP contribution in [0.1, 0.15) is 56.1 Å². The van der Waals surface area contributed by atoms with Crippen LogP contribution in [0.5, 0.6) is 0 Å². The van der Waals surface area contributed by atoms with Crippen LogP contribution in [-0.4, -0.2) is 5.78 Å². The molecule has 0 radical (unpaired) electrons. The molecule has 0 fully saturated rings. The van der Waals surface area contributed by atoms with Gasteiger partial charge in [-0.15, -0.1) is 0 Å². The maximum atomic E-state index is 12.2. The molecule has 0 atom stereocenters. The number of Topliss-reactive ketones (excluding diaryl/α,β-unsaturated/α-hetero) is 1. The first-order valence-electron chi connectivity index (χ1n) is 5.90. The minimum atomic E-state index is -0.209. The van der Waals surface area contributed by atoms with Crippen LogP contribution in [-0.2, 0) is 11.8 Å². The van der Waals surface area contributed by atoms with E-state index in [-0.39, 0.29) is 10.8 Å². The maximum absolute atomic E-state index is 12.2. The lowest BCUT2D eigenvalue weighted by Crippen LogP contribution is -2.19. The van der Waals surface area contributed by atoms with Gasteiger partial charge in [0.25, 0.3) is 0 Å². The molecule has 0 saturated heterocycles. The van der Waals surface area contributed by atoms with Crippen molar-refractivity contribution in [1.29, 1.82) is 0 Å². The number of hydrogen-bond donors (Lipinski definition) is 0. The van der Waals surface area contributed by atoms with Gasteiger partial charge in [-0.25, -0.2) is 0 Å². The molecule has 86 valence electrons. The Hall–Kier alpha value is -1.11. The monoisotopic (exact) mass is 216 g/mol. The molecule has 0 unspecified atom stereocenters. The molecule has 1 aliphatic carbocycles. The molecule has 0 saturated carbocycles. The zero-order valence-electron chi connectivity index (χ0n) is 10.8. The SMILES string of the molecule is CC1(C)Cc2ccc(C(C)(C)C)cc2C1=O. The van der Waals surface area contributed by atoms with E-state index in [1.165, 1.54) is 11.1 Å². The van der Waals surface area contributed by atoms with Gasteiger partial charge in [-0.3, -0.25) is 4.79 Å². The smallest absolute Gasteiger partial charge is 0.169 e. The van der Waals surface area contributed by atoms with Crippen LogP contribution in [0.4, 0.5) is 0 Å². The van der Waals surface area contributed by atoms with Gasteiger partial charge < -0.3 is 0 Å². The molecule has 1 nitrogen and oxygen atoms in total. The molecule has 0 heterocycles. The molecule has 0 aliphatic heterocycles. The molecule has 0 N–H and O–H groups in total. The number of carbonyl (C=O) groups is 1. The van der Waals surface area contributed by atoms with Crippen molar-refractivity contribution in [2.24, 2.45) is 5.41 Å². The lowest BCUT2D eigenvalue weighted by atomic mass is 9.85. The Kier molecular flexibility index (Phi) is 2.27. The summed E-state index contributed by atoms with van der Waals surface area (Å²) in [5.41, 5.74) is 3.30. The lowest BCUT2D eigenvalue weighted by Gasteiger charge is -2.19. The summed E-state index contributed by atoms with van der Waals surface area (Å²) in [4.78, 5) is 12.2. The summed E-state index contributed by atoms with van der Waals surface area (Å²) in [6.45, 7) is 10.6. The Balaban J connectivity index is 2.52. The fraction of sp³-hybridized carbons (Fsp3) is 0.533. The molecule has 1 aromatic rings. The molecule has 1 heteroatoms. The number of fused-ring (bicyclic) bond motifs is 1. The molecule has 0 bridgehead atoms. The highest BCUT2D eigenvalue weighted by Gasteiger charge is 2.37. The Morgan fingerprint density at radius 1 is 1.19 bits per heavy atom. The summed E-state index contributed by atoms with van der Waals surface area (Å²) < 4.78 is 0. The van der Waals surface area contributed by atoms with Crippen LogP contribution in [0.15, 0.2) is 18.2 Å². The largest absolute Gasteiger partial charge is 0.294 e. The Bertz CT molecular complexity index is 447. The van der Waals surface area contributed by atoms with E-state index in [1.807, 2.05) is 13.8 Å². The van der Waals surface area contributed by atoms with E-state index in [2.05, 4.69) is 39.0 Å². The summed E-state index contributed by atoms with van der Waals surface area (Å²) in [7, 11) is 0. The number of ketones is 1. The van der Waals surface area contributed by atoms with Crippen molar-refractivity contribution in [3.63, 3.8) is 0 Å². The third-order valence-corrected chi connectivity index (χ3v) is 3.47. The summed E-state index contributed by atoms with van der Waals surface area (Å²) in [5.74, 6) is 0.300. The molecule has 1 aromatic carbocycles. The van der Waals surface area contributed by atoms with Gasteiger partial charge in [-0.1, -0.05) is 46.8 Å². The van der Waals surface area contributed by atoms with E-state index in [0.29, 0.717) is 5.78 Å². The third kappa shape index (κ3) is 1.68. The zero-order chi connectivity index (χ0) is 12.1. The standard InChI is InChI=1S/C15H20O/c1-14(2,3)11-7-6-10-9-15(4,5)13(16)12(10)8-11/h6-8H,9H2,1-5H3. The van der Waals surface area contributed by atoms with Crippen molar-refractivity contribution in [3.05, 3.63) is 34.9 Å². The third-order valence-electron chi connectivity index (χ3n) is 3.47. The number of hydrogen-bond acceptors (Lipinski definition) is 1. The first-order valence-corrected chi connectivity index (χ1v) is 5.90. The molecule has 0 spiro atoms. The first-order chi connectivity index (χ1) is 7.22. The second-order valence-electron chi connectivity index (χ2n) is 6.51. The fourth-order valence-corrected chi connectivity index (χ4v) is 2.33. The Morgan fingerprint density at radius 2 is 1.81 bits per heavy atom. The summed E-state index contributed by atoms with van der Waals surface area (Å²) in [5, 5.41) is 0. The quantitative estimate of drug-likeness (QED) is 0.645. The normalized spacial score (nSPS) is 18.7. The molecule has 0 aromatic heterocycles. The number of carbonyl (C=O) groups excluding carboxylic acids is 1. The average Bonchev–Trinajstić information content (AvgIpc) is 2.36. The predicted molar refractivity (Wildman–Crippen MR) is 67.0 cm³/mol. The van der Waals surface area contributed by atoms with Gasteiger partial charge in [0.15, 0.2) is 5.78 Å². The van der Waals surface area contributed by atoms with E-state index < -0.39 is 0 Å². The van der Waals surface area contributed by atoms with Crippen LogP contribution in [0.3, 0.4) is 0 Å². The van der Waals surface area contributed by atoms with Crippen LogP contribution >= 0.6 is 0 Å². The minimum absolute atomic E-state index is 0.113. The van der Waals surface area contributed by atoms with Crippen LogP contribution in [0.25, 0.3) is 0 Å². The molecule has 0 amide bonds. The van der Waals surface area contributed by atoms with E-state index in [9.17, 15) is 4.79 Å². The maximum Gasteiger partial charge on any atom is 0.169 e. The fourth-order valence-electron chi connectivity index (χ4n) is 2.33. The second-order valence-corrected chi connectivity index (χ2v) is 6.51. The van der Waals surface area contributed by atoms with Gasteiger partial charge in [0, 0.05) is 11.0 Å². The highest BCUT2D eigenvalue weighted by atomic mass is 16.1. The van der Waals surface area contributed by atoms with E-state index in [4.69, 9.17) is 0 Å². The highest BCUT2D eigenvalue weighted by Crippen LogP contribution is 2.37. The second kappa shape index (κ2) is 3.19. The summed E-state index contributed by atoms with van der Waals surface area (Å²) in [6.07, 6.45) is 0.881. The van der Waals surface area contributed by atoms with Gasteiger partial charge in [0.1, 0.15) is 0 Å². The van der Waals surface area contributed by atoms with Crippen molar-refractivity contribution >= 4 is 5.78 Å². The topological polar surface area (TPSA) is 17.1 Å². The minimum Gasteiger partial charge on any atom is -0.294 e. The Morgan fingerprint density at radius 3 is 2.38 bits per heavy atom. The van der Waals surface area contributed by atoms with Gasteiger partial charge in [0.05, 0.1) is 0 Å².